The SMILES string of the molecule is CCCC#CC(=Nc1ccccc1)C(C#CCCCCCCC)=Nc1ccccc1. The number of hydrogen-bond donors (Lipinski definition) is 0. The van der Waals surface area contributed by atoms with E-state index in [-0.39, 0.29) is 0 Å². The third-order valence-corrected chi connectivity index (χ3v) is 4.41. The number of aliphatic imine (C=N–C) groups is 2. The van der Waals surface area contributed by atoms with Gasteiger partial charge in [0.05, 0.1) is 11.4 Å². The van der Waals surface area contributed by atoms with Crippen molar-refractivity contribution in [2.24, 2.45) is 9.98 Å². The van der Waals surface area contributed by atoms with Crippen LogP contribution in [0.2, 0.25) is 0 Å². The molecule has 0 N–H and O–H groups in total. The van der Waals surface area contributed by atoms with Crippen LogP contribution in [0.4, 0.5) is 11.4 Å². The van der Waals surface area contributed by atoms with Crippen molar-refractivity contribution in [1.82, 2.24) is 0 Å². The van der Waals surface area contributed by atoms with Crippen LogP contribution < -0.4 is 0 Å². The summed E-state index contributed by atoms with van der Waals surface area (Å²) in [6.07, 6.45) is 8.92. The predicted molar refractivity (Wildman–Crippen MR) is 131 cm³/mol. The Morgan fingerprint density at radius 1 is 0.600 bits per heavy atom. The van der Waals surface area contributed by atoms with E-state index in [0.29, 0.717) is 11.4 Å². The molecule has 0 amide bonds. The van der Waals surface area contributed by atoms with Crippen molar-refractivity contribution >= 4 is 22.8 Å². The minimum Gasteiger partial charge on any atom is -0.237 e. The molecule has 30 heavy (non-hydrogen) atoms. The smallest absolute Gasteiger partial charge is 0.148 e. The Morgan fingerprint density at radius 3 is 1.60 bits per heavy atom. The number of nitrogens with zero attached hydrogens (tertiary/aromatic N) is 2. The molecule has 0 heterocycles. The molecule has 0 bridgehead atoms. The summed E-state index contributed by atoms with van der Waals surface area (Å²) in [5, 5.41) is 0. The quantitative estimate of drug-likeness (QED) is 0.236. The molecule has 2 rings (SSSR count). The number of para-hydroxylation sites is 2. The van der Waals surface area contributed by atoms with E-state index in [1.165, 1.54) is 25.7 Å². The number of hydrogen-bond acceptors (Lipinski definition) is 2. The first-order valence-electron chi connectivity index (χ1n) is 11.1. The maximum atomic E-state index is 4.79. The molecule has 0 saturated carbocycles. The summed E-state index contributed by atoms with van der Waals surface area (Å²) in [5.41, 5.74) is 3.00. The molecule has 0 unspecified atom stereocenters. The van der Waals surface area contributed by atoms with Crippen LogP contribution in [0, 0.1) is 23.7 Å². The van der Waals surface area contributed by atoms with E-state index in [9.17, 15) is 0 Å². The monoisotopic (exact) mass is 396 g/mol. The van der Waals surface area contributed by atoms with Crippen LogP contribution in [-0.2, 0) is 0 Å². The lowest BCUT2D eigenvalue weighted by Crippen LogP contribution is -2.10. The maximum absolute atomic E-state index is 4.79. The van der Waals surface area contributed by atoms with Gasteiger partial charge in [-0.05, 0) is 48.9 Å². The molecule has 2 heteroatoms. The van der Waals surface area contributed by atoms with E-state index in [1.54, 1.807) is 0 Å². The third-order valence-electron chi connectivity index (χ3n) is 4.41. The second-order valence-corrected chi connectivity index (χ2v) is 7.11. The normalized spacial score (nSPS) is 11.3. The largest absolute Gasteiger partial charge is 0.237 e. The van der Waals surface area contributed by atoms with Crippen molar-refractivity contribution in [3.05, 3.63) is 60.7 Å². The van der Waals surface area contributed by atoms with Crippen molar-refractivity contribution in [3.8, 4) is 23.7 Å². The molecule has 2 aromatic rings. The van der Waals surface area contributed by atoms with E-state index in [2.05, 4.69) is 37.5 Å². The zero-order valence-electron chi connectivity index (χ0n) is 18.3. The fraction of sp³-hybridized carbons (Fsp3) is 0.357. The van der Waals surface area contributed by atoms with Crippen LogP contribution in [0.15, 0.2) is 70.6 Å². The van der Waals surface area contributed by atoms with Gasteiger partial charge in [-0.25, -0.2) is 9.98 Å². The standard InChI is InChI=1S/C28H32N2/c1-3-5-7-8-9-10-18-24-28(30-26-21-16-12-17-22-26)27(23-13-6-4-2)29-25-19-14-11-15-20-25/h11-12,14-17,19-22H,3-10H2,1-2H3. The maximum Gasteiger partial charge on any atom is 0.148 e. The molecule has 0 atom stereocenters. The van der Waals surface area contributed by atoms with Gasteiger partial charge in [-0.15, -0.1) is 0 Å². The van der Waals surface area contributed by atoms with Gasteiger partial charge in [-0.3, -0.25) is 0 Å². The molecule has 154 valence electrons. The zero-order valence-corrected chi connectivity index (χ0v) is 18.3. The highest BCUT2D eigenvalue weighted by Crippen LogP contribution is 2.14. The first-order chi connectivity index (χ1) is 14.8. The molecule has 0 saturated heterocycles. The molecule has 0 aliphatic heterocycles. The van der Waals surface area contributed by atoms with Gasteiger partial charge in [0.1, 0.15) is 11.4 Å². The molecule has 0 aliphatic carbocycles. The van der Waals surface area contributed by atoms with Crippen LogP contribution in [0.1, 0.15) is 65.2 Å². The van der Waals surface area contributed by atoms with Gasteiger partial charge in [-0.2, -0.15) is 0 Å². The fourth-order valence-electron chi connectivity index (χ4n) is 2.78. The molecule has 0 aromatic heterocycles. The lowest BCUT2D eigenvalue weighted by Gasteiger charge is -2.01. The van der Waals surface area contributed by atoms with Crippen molar-refractivity contribution in [2.45, 2.75) is 65.2 Å². The minimum absolute atomic E-state index is 0.636. The molecule has 0 fully saturated rings. The summed E-state index contributed by atoms with van der Waals surface area (Å²) in [7, 11) is 0. The van der Waals surface area contributed by atoms with Gasteiger partial charge >= 0.3 is 0 Å². The summed E-state index contributed by atoms with van der Waals surface area (Å²) in [5.74, 6) is 13.0. The predicted octanol–water partition coefficient (Wildman–Crippen LogP) is 7.70. The van der Waals surface area contributed by atoms with E-state index in [0.717, 1.165) is 37.1 Å². The third kappa shape index (κ3) is 9.40. The van der Waals surface area contributed by atoms with Gasteiger partial charge in [0, 0.05) is 12.8 Å². The van der Waals surface area contributed by atoms with Crippen molar-refractivity contribution in [2.75, 3.05) is 0 Å². The summed E-state index contributed by atoms with van der Waals surface area (Å²) in [6.45, 7) is 4.36. The van der Waals surface area contributed by atoms with Crippen molar-refractivity contribution in [3.63, 3.8) is 0 Å². The first kappa shape index (κ1) is 23.2. The Kier molecular flexibility index (Phi) is 11.5. The molecule has 0 spiro atoms. The second kappa shape index (κ2) is 14.8. The lowest BCUT2D eigenvalue weighted by molar-refractivity contribution is 0.641. The molecule has 0 radical (unpaired) electrons. The lowest BCUT2D eigenvalue weighted by atomic mass is 10.1. The molecule has 0 aliphatic rings. The fourth-order valence-corrected chi connectivity index (χ4v) is 2.78. The molecular weight excluding hydrogens is 364 g/mol. The number of benzene rings is 2. The molecular formula is C28H32N2. The second-order valence-electron chi connectivity index (χ2n) is 7.11. The zero-order chi connectivity index (χ0) is 21.3. The molecule has 2 aromatic carbocycles. The van der Waals surface area contributed by atoms with Crippen molar-refractivity contribution < 1.29 is 0 Å². The first-order valence-corrected chi connectivity index (χ1v) is 11.1. The topological polar surface area (TPSA) is 24.7 Å². The van der Waals surface area contributed by atoms with Gasteiger partial charge in [0.15, 0.2) is 0 Å². The van der Waals surface area contributed by atoms with Crippen LogP contribution in [-0.4, -0.2) is 11.4 Å². The van der Waals surface area contributed by atoms with E-state index < -0.39 is 0 Å². The average Bonchev–Trinajstić information content (AvgIpc) is 2.78. The Labute approximate surface area is 182 Å². The van der Waals surface area contributed by atoms with Crippen molar-refractivity contribution in [1.29, 1.82) is 0 Å². The van der Waals surface area contributed by atoms with Crippen LogP contribution >= 0.6 is 0 Å². The Hall–Kier alpha value is -3.10. The Bertz CT molecular complexity index is 917. The highest BCUT2D eigenvalue weighted by Gasteiger charge is 2.05. The van der Waals surface area contributed by atoms with Crippen LogP contribution in [0.25, 0.3) is 0 Å². The van der Waals surface area contributed by atoms with Gasteiger partial charge in [-0.1, -0.05) is 87.8 Å². The van der Waals surface area contributed by atoms with E-state index >= 15 is 0 Å². The Morgan fingerprint density at radius 2 is 1.10 bits per heavy atom. The average molecular weight is 397 g/mol. The summed E-state index contributed by atoms with van der Waals surface area (Å²) in [6, 6.07) is 19.8. The molecule has 2 nitrogen and oxygen atoms in total. The summed E-state index contributed by atoms with van der Waals surface area (Å²) >= 11 is 0. The van der Waals surface area contributed by atoms with Crippen LogP contribution in [0.5, 0.6) is 0 Å². The van der Waals surface area contributed by atoms with E-state index in [1.807, 2.05) is 60.7 Å². The van der Waals surface area contributed by atoms with Gasteiger partial charge < -0.3 is 0 Å². The highest BCUT2D eigenvalue weighted by molar-refractivity contribution is 6.55. The van der Waals surface area contributed by atoms with Gasteiger partial charge in [0.25, 0.3) is 0 Å². The Balaban J connectivity index is 2.32. The highest BCUT2D eigenvalue weighted by atomic mass is 14.8. The van der Waals surface area contributed by atoms with E-state index in [4.69, 9.17) is 9.98 Å². The summed E-state index contributed by atoms with van der Waals surface area (Å²) < 4.78 is 0. The van der Waals surface area contributed by atoms with Gasteiger partial charge in [0.2, 0.25) is 0 Å². The minimum atomic E-state index is 0.636. The summed E-state index contributed by atoms with van der Waals surface area (Å²) in [4.78, 5) is 9.57. The number of rotatable bonds is 9. The number of unbranched alkanes of at least 4 members (excludes halogenated alkanes) is 6. The van der Waals surface area contributed by atoms with Crippen LogP contribution in [0.3, 0.4) is 0 Å².